The summed E-state index contributed by atoms with van der Waals surface area (Å²) in [6.45, 7) is 0. The van der Waals surface area contributed by atoms with Gasteiger partial charge >= 0.3 is 0 Å². The zero-order valence-electron chi connectivity index (χ0n) is 23.0. The second-order valence-corrected chi connectivity index (χ2v) is 11.7. The summed E-state index contributed by atoms with van der Waals surface area (Å²) in [4.78, 5) is 59.0. The number of anilines is 1. The van der Waals surface area contributed by atoms with Gasteiger partial charge in [0.2, 0.25) is 11.8 Å². The number of rotatable bonds is 6. The molecule has 0 spiro atoms. The summed E-state index contributed by atoms with van der Waals surface area (Å²) in [6, 6.07) is 25.5. The zero-order valence-corrected chi connectivity index (χ0v) is 24.6. The van der Waals surface area contributed by atoms with Crippen LogP contribution in [0.1, 0.15) is 20.7 Å². The van der Waals surface area contributed by atoms with Gasteiger partial charge in [-0.15, -0.1) is 0 Å². The SMILES string of the molecule is COc1ccc(C(=O)[C@H]2[C@@H]3C(=O)N(c4ccc5ccccc5c4)C(=O)[C@@H]3[C@H]3C=C(C(=O)c4ccccc4)C=CN32)cc1Br. The Morgan fingerprint density at radius 3 is 2.26 bits per heavy atom. The van der Waals surface area contributed by atoms with Crippen molar-refractivity contribution in [3.05, 3.63) is 131 Å². The Kier molecular flexibility index (Phi) is 6.58. The van der Waals surface area contributed by atoms with Crippen molar-refractivity contribution in [2.45, 2.75) is 12.1 Å². The van der Waals surface area contributed by atoms with Crippen LogP contribution >= 0.6 is 15.9 Å². The number of amides is 2. The molecule has 2 saturated heterocycles. The molecule has 0 saturated carbocycles. The predicted octanol–water partition coefficient (Wildman–Crippen LogP) is 5.99. The molecule has 0 radical (unpaired) electrons. The third kappa shape index (κ3) is 4.32. The second kappa shape index (κ2) is 10.5. The molecule has 7 rings (SSSR count). The molecule has 4 atom stereocenters. The molecule has 43 heavy (non-hydrogen) atoms. The van der Waals surface area contributed by atoms with Gasteiger partial charge in [-0.2, -0.15) is 0 Å². The summed E-state index contributed by atoms with van der Waals surface area (Å²) in [7, 11) is 1.54. The van der Waals surface area contributed by atoms with Crippen molar-refractivity contribution in [2.24, 2.45) is 11.8 Å². The molecule has 0 unspecified atom stereocenters. The Hall–Kier alpha value is -4.82. The van der Waals surface area contributed by atoms with Crippen LogP contribution in [0.5, 0.6) is 5.75 Å². The molecule has 4 aromatic rings. The summed E-state index contributed by atoms with van der Waals surface area (Å²) in [6.07, 6.45) is 5.08. The molecule has 3 aliphatic rings. The van der Waals surface area contributed by atoms with E-state index in [0.717, 1.165) is 10.8 Å². The number of Topliss-reactive ketones (excluding diaryl/α,β-unsaturated/α-hetero) is 2. The lowest BCUT2D eigenvalue weighted by Gasteiger charge is -2.33. The molecule has 8 heteroatoms. The van der Waals surface area contributed by atoms with Gasteiger partial charge in [-0.1, -0.05) is 66.7 Å². The maximum atomic E-state index is 14.2. The van der Waals surface area contributed by atoms with Gasteiger partial charge in [0, 0.05) is 22.9 Å². The number of hydrogen-bond acceptors (Lipinski definition) is 6. The average molecular weight is 633 g/mol. The lowest BCUT2D eigenvalue weighted by molar-refractivity contribution is -0.123. The standard InChI is InChI=1S/C35H25BrN2O5/c1-43-28-14-12-23(18-26(28)36)33(40)31-30-29(27-19-24(15-16-37(27)31)32(39)21-8-3-2-4-9-21)34(41)38(35(30)42)25-13-11-20-7-5-6-10-22(20)17-25/h2-19,27,29-31H,1H3/t27-,29-,30-,31-/m1/s1. The van der Waals surface area contributed by atoms with Gasteiger partial charge in [0.05, 0.1) is 35.1 Å². The number of carbonyl (C=O) groups excluding carboxylic acids is 4. The van der Waals surface area contributed by atoms with Gasteiger partial charge in [-0.3, -0.25) is 19.2 Å². The van der Waals surface area contributed by atoms with Crippen LogP contribution in [0.3, 0.4) is 0 Å². The van der Waals surface area contributed by atoms with Crippen LogP contribution < -0.4 is 9.64 Å². The predicted molar refractivity (Wildman–Crippen MR) is 166 cm³/mol. The number of nitrogens with zero attached hydrogens (tertiary/aromatic N) is 2. The number of fused-ring (bicyclic) bond motifs is 4. The van der Waals surface area contributed by atoms with Crippen molar-refractivity contribution < 1.29 is 23.9 Å². The summed E-state index contributed by atoms with van der Waals surface area (Å²) in [5.41, 5.74) is 1.77. The Bertz CT molecular complexity index is 1900. The molecule has 2 fully saturated rings. The minimum Gasteiger partial charge on any atom is -0.496 e. The Balaban J connectivity index is 1.32. The lowest BCUT2D eigenvalue weighted by Crippen LogP contribution is -2.46. The molecule has 3 heterocycles. The van der Waals surface area contributed by atoms with Crippen LogP contribution in [0, 0.1) is 11.8 Å². The number of hydrogen-bond donors (Lipinski definition) is 0. The largest absolute Gasteiger partial charge is 0.496 e. The summed E-state index contributed by atoms with van der Waals surface area (Å²) >= 11 is 3.46. The van der Waals surface area contributed by atoms with E-state index < -0.39 is 29.8 Å². The molecule has 0 aromatic heterocycles. The van der Waals surface area contributed by atoms with Crippen LogP contribution in [-0.2, 0) is 9.59 Å². The van der Waals surface area contributed by atoms with E-state index in [-0.39, 0.29) is 17.5 Å². The minimum atomic E-state index is -0.946. The van der Waals surface area contributed by atoms with Gasteiger partial charge in [-0.25, -0.2) is 4.90 Å². The number of methoxy groups -OCH3 is 1. The van der Waals surface area contributed by atoms with E-state index in [0.29, 0.717) is 32.6 Å². The lowest BCUT2D eigenvalue weighted by atomic mass is 9.85. The molecule has 0 bridgehead atoms. The first-order chi connectivity index (χ1) is 20.9. The topological polar surface area (TPSA) is 84.0 Å². The monoisotopic (exact) mass is 632 g/mol. The van der Waals surface area contributed by atoms with E-state index in [1.807, 2.05) is 42.5 Å². The first kappa shape index (κ1) is 27.0. The van der Waals surface area contributed by atoms with Crippen LogP contribution in [-0.4, -0.2) is 47.5 Å². The van der Waals surface area contributed by atoms with E-state index in [2.05, 4.69) is 15.9 Å². The maximum Gasteiger partial charge on any atom is 0.240 e. The van der Waals surface area contributed by atoms with Crippen molar-refractivity contribution in [3.8, 4) is 5.75 Å². The van der Waals surface area contributed by atoms with E-state index in [1.165, 1.54) is 12.0 Å². The average Bonchev–Trinajstić information content (AvgIpc) is 3.51. The minimum absolute atomic E-state index is 0.190. The molecular weight excluding hydrogens is 608 g/mol. The Morgan fingerprint density at radius 1 is 0.791 bits per heavy atom. The molecule has 4 aromatic carbocycles. The molecule has 3 aliphatic heterocycles. The quantitative estimate of drug-likeness (QED) is 0.192. The highest BCUT2D eigenvalue weighted by Crippen LogP contribution is 2.47. The molecule has 7 nitrogen and oxygen atoms in total. The number of ketones is 2. The maximum absolute atomic E-state index is 14.2. The van der Waals surface area contributed by atoms with Crippen molar-refractivity contribution in [3.63, 3.8) is 0 Å². The van der Waals surface area contributed by atoms with Gasteiger partial charge in [0.1, 0.15) is 11.8 Å². The number of halogens is 1. The number of ether oxygens (including phenoxy) is 1. The first-order valence-electron chi connectivity index (χ1n) is 13.9. The normalized spacial score (nSPS) is 22.4. The highest BCUT2D eigenvalue weighted by molar-refractivity contribution is 9.10. The number of carbonyl (C=O) groups is 4. The Morgan fingerprint density at radius 2 is 1.51 bits per heavy atom. The third-order valence-corrected chi connectivity index (χ3v) is 9.16. The van der Waals surface area contributed by atoms with E-state index in [9.17, 15) is 19.2 Å². The zero-order chi connectivity index (χ0) is 29.8. The molecular formula is C35H25BrN2O5. The van der Waals surface area contributed by atoms with Crippen molar-refractivity contribution >= 4 is 55.8 Å². The fourth-order valence-electron chi connectivity index (χ4n) is 6.51. The molecule has 0 aliphatic carbocycles. The van der Waals surface area contributed by atoms with Crippen molar-refractivity contribution in [2.75, 3.05) is 12.0 Å². The van der Waals surface area contributed by atoms with Gasteiger partial charge < -0.3 is 9.64 Å². The van der Waals surface area contributed by atoms with Crippen LogP contribution in [0.2, 0.25) is 0 Å². The van der Waals surface area contributed by atoms with E-state index in [1.54, 1.807) is 71.8 Å². The summed E-state index contributed by atoms with van der Waals surface area (Å²) < 4.78 is 5.93. The number of allylic oxidation sites excluding steroid dienone is 2. The highest BCUT2D eigenvalue weighted by Gasteiger charge is 2.63. The number of benzene rings is 4. The van der Waals surface area contributed by atoms with E-state index >= 15 is 0 Å². The second-order valence-electron chi connectivity index (χ2n) is 10.8. The fraction of sp³-hybridized carbons (Fsp3) is 0.143. The van der Waals surface area contributed by atoms with E-state index in [4.69, 9.17) is 4.74 Å². The first-order valence-corrected chi connectivity index (χ1v) is 14.7. The smallest absolute Gasteiger partial charge is 0.240 e. The summed E-state index contributed by atoms with van der Waals surface area (Å²) in [5, 5.41) is 1.88. The van der Waals surface area contributed by atoms with Crippen LogP contribution in [0.4, 0.5) is 5.69 Å². The van der Waals surface area contributed by atoms with Gasteiger partial charge in [0.15, 0.2) is 11.6 Å². The number of imide groups is 1. The third-order valence-electron chi connectivity index (χ3n) is 8.54. The van der Waals surface area contributed by atoms with Crippen molar-refractivity contribution in [1.29, 1.82) is 0 Å². The highest BCUT2D eigenvalue weighted by atomic mass is 79.9. The summed E-state index contributed by atoms with van der Waals surface area (Å²) in [5.74, 6) is -2.52. The fourth-order valence-corrected chi connectivity index (χ4v) is 7.06. The van der Waals surface area contributed by atoms with Gasteiger partial charge in [0.25, 0.3) is 0 Å². The van der Waals surface area contributed by atoms with Crippen molar-refractivity contribution in [1.82, 2.24) is 4.90 Å². The molecule has 0 N–H and O–H groups in total. The van der Waals surface area contributed by atoms with Crippen LogP contribution in [0.25, 0.3) is 10.8 Å². The Labute approximate surface area is 256 Å². The molecule has 212 valence electrons. The van der Waals surface area contributed by atoms with Crippen LogP contribution in [0.15, 0.2) is 119 Å². The van der Waals surface area contributed by atoms with Gasteiger partial charge in [-0.05, 0) is 63.1 Å². The molecule has 2 amide bonds.